The van der Waals surface area contributed by atoms with E-state index in [1.54, 1.807) is 0 Å². The van der Waals surface area contributed by atoms with Crippen LogP contribution < -0.4 is 5.73 Å². The average molecular weight is 258 g/mol. The molecule has 1 saturated carbocycles. The van der Waals surface area contributed by atoms with Crippen LogP contribution in [0.3, 0.4) is 0 Å². The van der Waals surface area contributed by atoms with Gasteiger partial charge in [0.25, 0.3) is 0 Å². The minimum absolute atomic E-state index is 0.0925. The predicted octanol–water partition coefficient (Wildman–Crippen LogP) is 2.16. The first-order valence-corrected chi connectivity index (χ1v) is 7.06. The van der Waals surface area contributed by atoms with Gasteiger partial charge in [-0.1, -0.05) is 30.3 Å². The summed E-state index contributed by atoms with van der Waals surface area (Å²) in [5, 5.41) is 0. The van der Waals surface area contributed by atoms with Crippen LogP contribution in [0.2, 0.25) is 0 Å². The summed E-state index contributed by atoms with van der Waals surface area (Å²) in [7, 11) is 0. The summed E-state index contributed by atoms with van der Waals surface area (Å²) >= 11 is 0. The Morgan fingerprint density at radius 2 is 1.79 bits per heavy atom. The molecule has 19 heavy (non-hydrogen) atoms. The normalized spacial score (nSPS) is 24.3. The van der Waals surface area contributed by atoms with Gasteiger partial charge in [0.1, 0.15) is 0 Å². The molecule has 1 atom stereocenters. The third kappa shape index (κ3) is 2.43. The van der Waals surface area contributed by atoms with Crippen LogP contribution in [0.5, 0.6) is 0 Å². The fourth-order valence-electron chi connectivity index (χ4n) is 3.03. The molecule has 3 heteroatoms. The Morgan fingerprint density at radius 3 is 2.47 bits per heavy atom. The first-order valence-electron chi connectivity index (χ1n) is 7.06. The third-order valence-corrected chi connectivity index (χ3v) is 4.10. The molecule has 0 heterocycles. The van der Waals surface area contributed by atoms with Gasteiger partial charge in [0, 0.05) is 6.42 Å². The van der Waals surface area contributed by atoms with E-state index in [9.17, 15) is 4.79 Å². The molecular formula is C16H20NO2+. The number of ether oxygens (including phenoxy) is 1. The molecular weight excluding hydrogens is 238 g/mol. The van der Waals surface area contributed by atoms with E-state index in [4.69, 9.17) is 4.74 Å². The van der Waals surface area contributed by atoms with Crippen molar-refractivity contribution in [2.45, 2.75) is 44.1 Å². The van der Waals surface area contributed by atoms with Crippen LogP contribution >= 0.6 is 0 Å². The molecule has 1 fully saturated rings. The Bertz CT molecular complexity index is 501. The van der Waals surface area contributed by atoms with Crippen molar-refractivity contribution in [2.24, 2.45) is 0 Å². The van der Waals surface area contributed by atoms with Crippen molar-refractivity contribution < 1.29 is 15.3 Å². The molecule has 3 rings (SSSR count). The van der Waals surface area contributed by atoms with Gasteiger partial charge in [-0.2, -0.15) is 0 Å². The Morgan fingerprint density at radius 1 is 1.11 bits per heavy atom. The summed E-state index contributed by atoms with van der Waals surface area (Å²) in [4.78, 5) is 12.5. The third-order valence-electron chi connectivity index (χ3n) is 4.10. The van der Waals surface area contributed by atoms with E-state index in [2.05, 4.69) is 5.73 Å². The van der Waals surface area contributed by atoms with Crippen molar-refractivity contribution in [1.82, 2.24) is 0 Å². The molecule has 0 bridgehead atoms. The monoisotopic (exact) mass is 258 g/mol. The lowest BCUT2D eigenvalue weighted by Gasteiger charge is -2.13. The van der Waals surface area contributed by atoms with Crippen molar-refractivity contribution in [2.75, 3.05) is 0 Å². The fraction of sp³-hybridized carbons (Fsp3) is 0.438. The average Bonchev–Trinajstić information content (AvgIpc) is 3.03. The van der Waals surface area contributed by atoms with Crippen LogP contribution in [0.25, 0.3) is 0 Å². The van der Waals surface area contributed by atoms with Gasteiger partial charge in [0.2, 0.25) is 11.5 Å². The van der Waals surface area contributed by atoms with Gasteiger partial charge >= 0.3 is 0 Å². The summed E-state index contributed by atoms with van der Waals surface area (Å²) in [5.74, 6) is 0.564. The lowest BCUT2D eigenvalue weighted by atomic mass is 9.96. The summed E-state index contributed by atoms with van der Waals surface area (Å²) in [6.45, 7) is 0. The topological polar surface area (TPSA) is 53.9 Å². The second kappa shape index (κ2) is 5.17. The molecule has 0 aromatic heterocycles. The molecule has 1 aromatic rings. The highest BCUT2D eigenvalue weighted by atomic mass is 16.5. The van der Waals surface area contributed by atoms with Crippen LogP contribution in [0, 0.1) is 0 Å². The van der Waals surface area contributed by atoms with Gasteiger partial charge in [-0.05, 0) is 31.2 Å². The number of hydrogen-bond donors (Lipinski definition) is 1. The van der Waals surface area contributed by atoms with Crippen molar-refractivity contribution >= 4 is 5.78 Å². The number of carbonyl (C=O) groups excluding carboxylic acids is 1. The van der Waals surface area contributed by atoms with Crippen molar-refractivity contribution in [3.05, 3.63) is 47.4 Å². The maximum atomic E-state index is 12.5. The predicted molar refractivity (Wildman–Crippen MR) is 72.1 cm³/mol. The first-order chi connectivity index (χ1) is 9.25. The summed E-state index contributed by atoms with van der Waals surface area (Å²) in [6.07, 6.45) is 5.48. The summed E-state index contributed by atoms with van der Waals surface area (Å²) in [6, 6.07) is 9.93. The Hall–Kier alpha value is -1.61. The van der Waals surface area contributed by atoms with Gasteiger partial charge in [-0.3, -0.25) is 4.79 Å². The number of rotatable bonds is 3. The van der Waals surface area contributed by atoms with Crippen LogP contribution in [0.4, 0.5) is 0 Å². The molecule has 0 aliphatic heterocycles. The Balaban J connectivity index is 1.75. The zero-order valence-corrected chi connectivity index (χ0v) is 11.1. The number of Topliss-reactive ketones (excluding diaryl/α,β-unsaturated/α-hetero) is 1. The zero-order chi connectivity index (χ0) is 13.2. The highest BCUT2D eigenvalue weighted by Crippen LogP contribution is 2.35. The number of quaternary nitrogens is 1. The highest BCUT2D eigenvalue weighted by molar-refractivity contribution is 6.01. The molecule has 2 aliphatic rings. The summed E-state index contributed by atoms with van der Waals surface area (Å²) < 4.78 is 5.92. The van der Waals surface area contributed by atoms with Crippen molar-refractivity contribution in [3.63, 3.8) is 0 Å². The van der Waals surface area contributed by atoms with Crippen LogP contribution in [0.15, 0.2) is 41.8 Å². The fourth-order valence-corrected chi connectivity index (χ4v) is 3.03. The van der Waals surface area contributed by atoms with Crippen LogP contribution in [-0.4, -0.2) is 11.9 Å². The van der Waals surface area contributed by atoms with Crippen molar-refractivity contribution in [3.8, 4) is 0 Å². The molecule has 0 amide bonds. The molecule has 1 aromatic carbocycles. The lowest BCUT2D eigenvalue weighted by Crippen LogP contribution is -2.48. The Kier molecular flexibility index (Phi) is 3.38. The van der Waals surface area contributed by atoms with E-state index in [1.165, 1.54) is 12.8 Å². The van der Waals surface area contributed by atoms with Gasteiger partial charge in [0.15, 0.2) is 5.70 Å². The molecule has 0 saturated heterocycles. The van der Waals surface area contributed by atoms with Crippen LogP contribution in [0.1, 0.15) is 43.6 Å². The second-order valence-electron chi connectivity index (χ2n) is 5.49. The van der Waals surface area contributed by atoms with Gasteiger partial charge < -0.3 is 10.5 Å². The number of hydrogen-bond acceptors (Lipinski definition) is 2. The highest BCUT2D eigenvalue weighted by Gasteiger charge is 2.38. The molecule has 0 radical (unpaired) electrons. The minimum Gasteiger partial charge on any atom is -0.482 e. The largest absolute Gasteiger partial charge is 0.482 e. The van der Waals surface area contributed by atoms with Gasteiger partial charge in [-0.25, -0.2) is 0 Å². The maximum Gasteiger partial charge on any atom is 0.220 e. The van der Waals surface area contributed by atoms with E-state index < -0.39 is 0 Å². The SMILES string of the molecule is [NH3+]C1=C(OC2CCCC2)C(=O)[C@H](c2ccccc2)C1. The number of ketones is 1. The summed E-state index contributed by atoms with van der Waals surface area (Å²) in [5.41, 5.74) is 5.96. The first kappa shape index (κ1) is 12.4. The molecule has 100 valence electrons. The minimum atomic E-state index is -0.0925. The quantitative estimate of drug-likeness (QED) is 0.903. The van der Waals surface area contributed by atoms with E-state index in [0.717, 1.165) is 24.1 Å². The van der Waals surface area contributed by atoms with E-state index >= 15 is 0 Å². The van der Waals surface area contributed by atoms with Gasteiger partial charge in [0.05, 0.1) is 12.0 Å². The standard InChI is InChI=1S/C16H19NO2/c17-14-10-13(11-6-2-1-3-7-11)15(18)16(14)19-12-8-4-5-9-12/h1-3,6-7,12-13H,4-5,8-10,17H2/p+1/t13-/m0/s1. The smallest absolute Gasteiger partial charge is 0.220 e. The van der Waals surface area contributed by atoms with Crippen LogP contribution in [-0.2, 0) is 9.53 Å². The van der Waals surface area contributed by atoms with E-state index in [0.29, 0.717) is 12.2 Å². The Labute approximate surface area is 113 Å². The lowest BCUT2D eigenvalue weighted by molar-refractivity contribution is -0.310. The number of allylic oxidation sites excluding steroid dienone is 2. The van der Waals surface area contributed by atoms with E-state index in [1.807, 2.05) is 30.3 Å². The molecule has 3 N–H and O–H groups in total. The van der Waals surface area contributed by atoms with Gasteiger partial charge in [-0.15, -0.1) is 0 Å². The maximum absolute atomic E-state index is 12.5. The zero-order valence-electron chi connectivity index (χ0n) is 11.1. The van der Waals surface area contributed by atoms with E-state index in [-0.39, 0.29) is 17.8 Å². The number of benzene rings is 1. The molecule has 3 nitrogen and oxygen atoms in total. The van der Waals surface area contributed by atoms with Crippen molar-refractivity contribution in [1.29, 1.82) is 0 Å². The molecule has 0 unspecified atom stereocenters. The molecule has 0 spiro atoms. The second-order valence-corrected chi connectivity index (χ2v) is 5.49. The number of carbonyl (C=O) groups is 1. The molecule has 2 aliphatic carbocycles.